The second-order valence-corrected chi connectivity index (χ2v) is 5.39. The van der Waals surface area contributed by atoms with E-state index in [1.54, 1.807) is 0 Å². The molecule has 2 rings (SSSR count). The highest BCUT2D eigenvalue weighted by Gasteiger charge is 2.19. The maximum Gasteiger partial charge on any atom is 0.0684 e. The van der Waals surface area contributed by atoms with Gasteiger partial charge in [-0.2, -0.15) is 0 Å². The van der Waals surface area contributed by atoms with Crippen LogP contribution in [0.15, 0.2) is 18.2 Å². The Hall–Kier alpha value is -1.06. The lowest BCUT2D eigenvalue weighted by Gasteiger charge is -2.38. The van der Waals surface area contributed by atoms with Crippen molar-refractivity contribution in [2.45, 2.75) is 33.4 Å². The van der Waals surface area contributed by atoms with Crippen molar-refractivity contribution in [3.8, 4) is 0 Å². The number of aryl methyl sites for hydroxylation is 1. The van der Waals surface area contributed by atoms with Gasteiger partial charge in [-0.1, -0.05) is 6.07 Å². The van der Waals surface area contributed by atoms with Crippen molar-refractivity contribution in [1.82, 2.24) is 4.90 Å². The summed E-state index contributed by atoms with van der Waals surface area (Å²) in [6.45, 7) is 11.2. The Morgan fingerprint density at radius 2 is 1.83 bits per heavy atom. The molecule has 0 bridgehead atoms. The van der Waals surface area contributed by atoms with Crippen LogP contribution in [0.5, 0.6) is 0 Å². The van der Waals surface area contributed by atoms with Gasteiger partial charge in [-0.25, -0.2) is 0 Å². The quantitative estimate of drug-likeness (QED) is 0.886. The summed E-state index contributed by atoms with van der Waals surface area (Å²) in [5, 5.41) is 9.20. The fourth-order valence-electron chi connectivity index (χ4n) is 2.55. The third kappa shape index (κ3) is 2.85. The highest BCUT2D eigenvalue weighted by molar-refractivity contribution is 5.51. The van der Waals surface area contributed by atoms with Gasteiger partial charge in [-0.3, -0.25) is 4.90 Å². The lowest BCUT2D eigenvalue weighted by atomic mass is 10.1. The monoisotopic (exact) mass is 248 g/mol. The zero-order valence-electron chi connectivity index (χ0n) is 11.7. The van der Waals surface area contributed by atoms with Crippen LogP contribution < -0.4 is 4.90 Å². The second kappa shape index (κ2) is 5.72. The summed E-state index contributed by atoms with van der Waals surface area (Å²) < 4.78 is 0. The number of aliphatic hydroxyl groups excluding tert-OH is 1. The number of aliphatic hydroxyl groups is 1. The average molecular weight is 248 g/mol. The number of piperazine rings is 1. The number of hydrogen-bond acceptors (Lipinski definition) is 3. The molecule has 1 aliphatic heterocycles. The van der Waals surface area contributed by atoms with Gasteiger partial charge in [-0.15, -0.1) is 0 Å². The third-order valence-corrected chi connectivity index (χ3v) is 3.91. The fraction of sp³-hybridized carbons (Fsp3) is 0.600. The van der Waals surface area contributed by atoms with Crippen molar-refractivity contribution < 1.29 is 5.11 Å². The maximum absolute atomic E-state index is 9.20. The van der Waals surface area contributed by atoms with E-state index in [4.69, 9.17) is 0 Å². The van der Waals surface area contributed by atoms with Crippen molar-refractivity contribution in [2.75, 3.05) is 31.1 Å². The Bertz CT molecular complexity index is 395. The van der Waals surface area contributed by atoms with Gasteiger partial charge >= 0.3 is 0 Å². The molecule has 0 atom stereocenters. The van der Waals surface area contributed by atoms with Crippen LogP contribution in [0, 0.1) is 6.92 Å². The zero-order chi connectivity index (χ0) is 13.1. The Balaban J connectivity index is 2.03. The van der Waals surface area contributed by atoms with Crippen LogP contribution in [0.25, 0.3) is 0 Å². The van der Waals surface area contributed by atoms with E-state index < -0.39 is 0 Å². The Morgan fingerprint density at radius 3 is 2.33 bits per heavy atom. The first-order chi connectivity index (χ1) is 8.61. The van der Waals surface area contributed by atoms with Crippen LogP contribution in [0.1, 0.15) is 25.0 Å². The van der Waals surface area contributed by atoms with Crippen LogP contribution in [-0.4, -0.2) is 42.2 Å². The molecule has 1 saturated heterocycles. The zero-order valence-corrected chi connectivity index (χ0v) is 11.7. The number of hydrogen-bond donors (Lipinski definition) is 1. The average Bonchev–Trinajstić information content (AvgIpc) is 2.38. The molecule has 0 spiro atoms. The first-order valence-corrected chi connectivity index (χ1v) is 6.81. The molecule has 1 fully saturated rings. The van der Waals surface area contributed by atoms with Gasteiger partial charge in [0.25, 0.3) is 0 Å². The number of anilines is 1. The van der Waals surface area contributed by atoms with Gasteiger partial charge in [-0.05, 0) is 44.0 Å². The summed E-state index contributed by atoms with van der Waals surface area (Å²) in [4.78, 5) is 4.96. The van der Waals surface area contributed by atoms with Crippen molar-refractivity contribution in [3.63, 3.8) is 0 Å². The molecule has 0 unspecified atom stereocenters. The van der Waals surface area contributed by atoms with Gasteiger partial charge in [0.15, 0.2) is 0 Å². The van der Waals surface area contributed by atoms with E-state index in [0.717, 1.165) is 31.7 Å². The standard InChI is InChI=1S/C15H24N2O/c1-12(2)16-6-8-17(9-7-16)15-5-4-14(11-18)13(3)10-15/h4-5,10,12,18H,6-9,11H2,1-3H3. The van der Waals surface area contributed by atoms with Gasteiger partial charge in [0.05, 0.1) is 6.61 Å². The van der Waals surface area contributed by atoms with E-state index in [1.165, 1.54) is 11.3 Å². The first kappa shape index (κ1) is 13.4. The predicted octanol–water partition coefficient (Wildman–Crippen LogP) is 2.02. The lowest BCUT2D eigenvalue weighted by molar-refractivity contribution is 0.209. The smallest absolute Gasteiger partial charge is 0.0684 e. The number of nitrogens with zero attached hydrogens (tertiary/aromatic N) is 2. The van der Waals surface area contributed by atoms with Crippen LogP contribution in [-0.2, 0) is 6.61 Å². The minimum absolute atomic E-state index is 0.132. The van der Waals surface area contributed by atoms with Crippen LogP contribution in [0.4, 0.5) is 5.69 Å². The molecule has 1 aromatic rings. The summed E-state index contributed by atoms with van der Waals surface area (Å²) in [5.74, 6) is 0. The summed E-state index contributed by atoms with van der Waals surface area (Å²) >= 11 is 0. The van der Waals surface area contributed by atoms with Crippen molar-refractivity contribution in [2.24, 2.45) is 0 Å². The summed E-state index contributed by atoms with van der Waals surface area (Å²) in [6, 6.07) is 7.00. The molecule has 1 heterocycles. The third-order valence-electron chi connectivity index (χ3n) is 3.91. The van der Waals surface area contributed by atoms with E-state index in [0.29, 0.717) is 6.04 Å². The van der Waals surface area contributed by atoms with E-state index in [2.05, 4.69) is 42.7 Å². The second-order valence-electron chi connectivity index (χ2n) is 5.39. The Labute approximate surface area is 110 Å². The molecular weight excluding hydrogens is 224 g/mol. The molecule has 0 aromatic heterocycles. The first-order valence-electron chi connectivity index (χ1n) is 6.81. The molecule has 100 valence electrons. The summed E-state index contributed by atoms with van der Waals surface area (Å²) in [5.41, 5.74) is 3.49. The topological polar surface area (TPSA) is 26.7 Å². The fourth-order valence-corrected chi connectivity index (χ4v) is 2.55. The molecule has 3 nitrogen and oxygen atoms in total. The molecular formula is C15H24N2O. The van der Waals surface area contributed by atoms with E-state index in [1.807, 2.05) is 6.07 Å². The van der Waals surface area contributed by atoms with Crippen molar-refractivity contribution in [1.29, 1.82) is 0 Å². The van der Waals surface area contributed by atoms with Gasteiger partial charge in [0.1, 0.15) is 0 Å². The molecule has 0 aliphatic carbocycles. The molecule has 1 aliphatic rings. The molecule has 0 amide bonds. The molecule has 1 N–H and O–H groups in total. The van der Waals surface area contributed by atoms with Gasteiger partial charge < -0.3 is 10.0 Å². The SMILES string of the molecule is Cc1cc(N2CCN(C(C)C)CC2)ccc1CO. The van der Waals surface area contributed by atoms with E-state index >= 15 is 0 Å². The molecule has 0 radical (unpaired) electrons. The summed E-state index contributed by atoms with van der Waals surface area (Å²) in [6.07, 6.45) is 0. The van der Waals surface area contributed by atoms with E-state index in [9.17, 15) is 5.11 Å². The number of benzene rings is 1. The van der Waals surface area contributed by atoms with Crippen molar-refractivity contribution in [3.05, 3.63) is 29.3 Å². The minimum Gasteiger partial charge on any atom is -0.392 e. The lowest BCUT2D eigenvalue weighted by Crippen LogP contribution is -2.48. The number of rotatable bonds is 3. The van der Waals surface area contributed by atoms with Crippen LogP contribution >= 0.6 is 0 Å². The maximum atomic E-state index is 9.20. The highest BCUT2D eigenvalue weighted by Crippen LogP contribution is 2.21. The highest BCUT2D eigenvalue weighted by atomic mass is 16.3. The van der Waals surface area contributed by atoms with Crippen LogP contribution in [0.2, 0.25) is 0 Å². The molecule has 3 heteroatoms. The molecule has 1 aromatic carbocycles. The normalized spacial score (nSPS) is 17.5. The Kier molecular flexibility index (Phi) is 4.25. The van der Waals surface area contributed by atoms with E-state index in [-0.39, 0.29) is 6.61 Å². The minimum atomic E-state index is 0.132. The summed E-state index contributed by atoms with van der Waals surface area (Å²) in [7, 11) is 0. The van der Waals surface area contributed by atoms with Gasteiger partial charge in [0, 0.05) is 37.9 Å². The largest absolute Gasteiger partial charge is 0.392 e. The predicted molar refractivity (Wildman–Crippen MR) is 76.0 cm³/mol. The molecule has 18 heavy (non-hydrogen) atoms. The van der Waals surface area contributed by atoms with Crippen LogP contribution in [0.3, 0.4) is 0 Å². The Morgan fingerprint density at radius 1 is 1.17 bits per heavy atom. The van der Waals surface area contributed by atoms with Gasteiger partial charge in [0.2, 0.25) is 0 Å². The van der Waals surface area contributed by atoms with Crippen molar-refractivity contribution >= 4 is 5.69 Å². The molecule has 0 saturated carbocycles.